The summed E-state index contributed by atoms with van der Waals surface area (Å²) in [7, 11) is 0. The maximum atomic E-state index is 12.3. The second kappa shape index (κ2) is 4.38. The molecule has 1 aliphatic rings. The Bertz CT molecular complexity index is 802. The Morgan fingerprint density at radius 1 is 1.05 bits per heavy atom. The number of furan rings is 1. The Morgan fingerprint density at radius 2 is 1.86 bits per heavy atom. The van der Waals surface area contributed by atoms with E-state index in [0.717, 1.165) is 22.8 Å². The molecule has 2 aromatic heterocycles. The molecule has 0 unspecified atom stereocenters. The maximum absolute atomic E-state index is 12.3. The van der Waals surface area contributed by atoms with Gasteiger partial charge in [0.25, 0.3) is 0 Å². The summed E-state index contributed by atoms with van der Waals surface area (Å²) in [5, 5.41) is 0. The first-order valence-electron chi connectivity index (χ1n) is 6.87. The van der Waals surface area contributed by atoms with Crippen LogP contribution in [0.4, 0.5) is 5.69 Å². The lowest BCUT2D eigenvalue weighted by Gasteiger charge is -2.36. The van der Waals surface area contributed by atoms with Crippen molar-refractivity contribution in [1.29, 1.82) is 0 Å². The minimum Gasteiger partial charge on any atom is -0.467 e. The zero-order valence-corrected chi connectivity index (χ0v) is 11.6. The highest BCUT2D eigenvalue weighted by molar-refractivity contribution is 5.96. The standard InChI is InChI=1S/C17H14N2O2/c1-12(20)19-14-7-3-2-6-13(14)18-10-4-8-15(18)17(19)16-9-5-11-21-16/h2-11,17H,1H3/t17-/m1/s1. The summed E-state index contributed by atoms with van der Waals surface area (Å²) in [6.07, 6.45) is 3.66. The molecule has 3 heterocycles. The van der Waals surface area contributed by atoms with Crippen LogP contribution in [0.2, 0.25) is 0 Å². The van der Waals surface area contributed by atoms with Gasteiger partial charge >= 0.3 is 0 Å². The van der Waals surface area contributed by atoms with Crippen molar-refractivity contribution in [1.82, 2.24) is 4.57 Å². The Hall–Kier alpha value is -2.75. The predicted molar refractivity (Wildman–Crippen MR) is 79.5 cm³/mol. The van der Waals surface area contributed by atoms with Gasteiger partial charge in [-0.1, -0.05) is 12.1 Å². The van der Waals surface area contributed by atoms with Gasteiger partial charge in [0.1, 0.15) is 11.8 Å². The van der Waals surface area contributed by atoms with E-state index in [-0.39, 0.29) is 11.9 Å². The number of amides is 1. The number of carbonyl (C=O) groups is 1. The third kappa shape index (κ3) is 1.65. The molecule has 1 atom stereocenters. The van der Waals surface area contributed by atoms with E-state index >= 15 is 0 Å². The molecule has 0 saturated heterocycles. The summed E-state index contributed by atoms with van der Waals surface area (Å²) in [5.74, 6) is 0.760. The van der Waals surface area contributed by atoms with Gasteiger partial charge in [-0.05, 0) is 36.4 Å². The van der Waals surface area contributed by atoms with Crippen molar-refractivity contribution in [2.75, 3.05) is 4.90 Å². The normalized spacial score (nSPS) is 16.4. The largest absolute Gasteiger partial charge is 0.467 e. The quantitative estimate of drug-likeness (QED) is 0.683. The van der Waals surface area contributed by atoms with Crippen molar-refractivity contribution < 1.29 is 9.21 Å². The molecule has 0 N–H and O–H groups in total. The van der Waals surface area contributed by atoms with Gasteiger partial charge in [0, 0.05) is 13.1 Å². The summed E-state index contributed by atoms with van der Waals surface area (Å²) in [5.41, 5.74) is 2.93. The van der Waals surface area contributed by atoms with E-state index in [0.29, 0.717) is 0 Å². The fraction of sp³-hybridized carbons (Fsp3) is 0.118. The fourth-order valence-electron chi connectivity index (χ4n) is 3.05. The number of rotatable bonds is 1. The van der Waals surface area contributed by atoms with E-state index < -0.39 is 0 Å². The highest BCUT2D eigenvalue weighted by Crippen LogP contribution is 2.42. The molecule has 21 heavy (non-hydrogen) atoms. The number of aromatic nitrogens is 1. The van der Waals surface area contributed by atoms with Gasteiger partial charge in [-0.3, -0.25) is 9.69 Å². The van der Waals surface area contributed by atoms with Crippen LogP contribution < -0.4 is 4.90 Å². The monoisotopic (exact) mass is 278 g/mol. The van der Waals surface area contributed by atoms with Gasteiger partial charge < -0.3 is 8.98 Å². The van der Waals surface area contributed by atoms with Gasteiger partial charge in [0.2, 0.25) is 5.91 Å². The molecule has 4 rings (SSSR count). The Balaban J connectivity index is 2.02. The summed E-state index contributed by atoms with van der Waals surface area (Å²) >= 11 is 0. The number of hydrogen-bond donors (Lipinski definition) is 0. The summed E-state index contributed by atoms with van der Waals surface area (Å²) in [6, 6.07) is 15.5. The third-order valence-corrected chi connectivity index (χ3v) is 3.87. The number of benzene rings is 1. The molecular weight excluding hydrogens is 264 g/mol. The van der Waals surface area contributed by atoms with Crippen molar-refractivity contribution in [2.24, 2.45) is 0 Å². The number of hydrogen-bond acceptors (Lipinski definition) is 2. The molecule has 0 radical (unpaired) electrons. The Labute approximate surface area is 122 Å². The summed E-state index contributed by atoms with van der Waals surface area (Å²) in [4.78, 5) is 14.1. The smallest absolute Gasteiger partial charge is 0.224 e. The van der Waals surface area contributed by atoms with E-state index in [1.165, 1.54) is 0 Å². The molecule has 0 aliphatic carbocycles. The number of nitrogens with zero attached hydrogens (tertiary/aromatic N) is 2. The van der Waals surface area contributed by atoms with Crippen molar-refractivity contribution in [3.63, 3.8) is 0 Å². The first-order valence-corrected chi connectivity index (χ1v) is 6.87. The van der Waals surface area contributed by atoms with Crippen LogP contribution in [0.5, 0.6) is 0 Å². The van der Waals surface area contributed by atoms with E-state index in [1.807, 2.05) is 54.7 Å². The maximum Gasteiger partial charge on any atom is 0.224 e. The Kier molecular flexibility index (Phi) is 2.51. The molecule has 1 amide bonds. The SMILES string of the molecule is CC(=O)N1c2ccccc2-n2cccc2[C@@H]1c1ccco1. The van der Waals surface area contributed by atoms with Crippen LogP contribution in [0.25, 0.3) is 5.69 Å². The summed E-state index contributed by atoms with van der Waals surface area (Å²) < 4.78 is 7.70. The second-order valence-corrected chi connectivity index (χ2v) is 5.10. The van der Waals surface area contributed by atoms with Crippen LogP contribution in [-0.4, -0.2) is 10.5 Å². The van der Waals surface area contributed by atoms with Gasteiger partial charge in [-0.2, -0.15) is 0 Å². The lowest BCUT2D eigenvalue weighted by atomic mass is 10.0. The first kappa shape index (κ1) is 12.0. The van der Waals surface area contributed by atoms with Crippen molar-refractivity contribution in [2.45, 2.75) is 13.0 Å². The van der Waals surface area contributed by atoms with Crippen LogP contribution in [0.3, 0.4) is 0 Å². The van der Waals surface area contributed by atoms with Crippen LogP contribution >= 0.6 is 0 Å². The van der Waals surface area contributed by atoms with Crippen LogP contribution in [-0.2, 0) is 4.79 Å². The molecule has 104 valence electrons. The van der Waals surface area contributed by atoms with Gasteiger partial charge in [0.15, 0.2) is 0 Å². The number of fused-ring (bicyclic) bond motifs is 3. The Morgan fingerprint density at radius 3 is 2.57 bits per heavy atom. The molecule has 4 heteroatoms. The first-order chi connectivity index (χ1) is 10.3. The lowest BCUT2D eigenvalue weighted by molar-refractivity contribution is -0.117. The summed E-state index contributed by atoms with van der Waals surface area (Å²) in [6.45, 7) is 1.59. The molecule has 0 fully saturated rings. The van der Waals surface area contributed by atoms with Crippen molar-refractivity contribution >= 4 is 11.6 Å². The van der Waals surface area contributed by atoms with E-state index in [9.17, 15) is 4.79 Å². The van der Waals surface area contributed by atoms with Gasteiger partial charge in [-0.15, -0.1) is 0 Å². The van der Waals surface area contributed by atoms with Crippen molar-refractivity contribution in [3.8, 4) is 5.69 Å². The molecule has 3 aromatic rings. The fourth-order valence-corrected chi connectivity index (χ4v) is 3.05. The molecule has 0 saturated carbocycles. The average Bonchev–Trinajstić information content (AvgIpc) is 3.17. The number of para-hydroxylation sites is 2. The zero-order chi connectivity index (χ0) is 14.4. The molecule has 0 bridgehead atoms. The van der Waals surface area contributed by atoms with Crippen LogP contribution in [0.15, 0.2) is 65.4 Å². The minimum absolute atomic E-state index is 0.00343. The second-order valence-electron chi connectivity index (χ2n) is 5.10. The van der Waals surface area contributed by atoms with Crippen molar-refractivity contribution in [3.05, 3.63) is 72.4 Å². The number of carbonyl (C=O) groups excluding carboxylic acids is 1. The van der Waals surface area contributed by atoms with E-state index in [1.54, 1.807) is 18.1 Å². The minimum atomic E-state index is -0.234. The van der Waals surface area contributed by atoms with E-state index in [4.69, 9.17) is 4.42 Å². The predicted octanol–water partition coefficient (Wildman–Crippen LogP) is 3.53. The molecule has 0 spiro atoms. The third-order valence-electron chi connectivity index (χ3n) is 3.87. The number of anilines is 1. The highest BCUT2D eigenvalue weighted by atomic mass is 16.3. The highest BCUT2D eigenvalue weighted by Gasteiger charge is 2.35. The van der Waals surface area contributed by atoms with Gasteiger partial charge in [0.05, 0.1) is 23.3 Å². The molecular formula is C17H14N2O2. The van der Waals surface area contributed by atoms with E-state index in [2.05, 4.69) is 4.57 Å². The van der Waals surface area contributed by atoms with Crippen LogP contribution in [0, 0.1) is 0 Å². The van der Waals surface area contributed by atoms with Gasteiger partial charge in [-0.25, -0.2) is 0 Å². The molecule has 1 aliphatic heterocycles. The zero-order valence-electron chi connectivity index (χ0n) is 11.6. The topological polar surface area (TPSA) is 38.4 Å². The average molecular weight is 278 g/mol. The molecule has 4 nitrogen and oxygen atoms in total. The molecule has 1 aromatic carbocycles. The lowest BCUT2D eigenvalue weighted by Crippen LogP contribution is -2.38. The van der Waals surface area contributed by atoms with Crippen LogP contribution in [0.1, 0.15) is 24.4 Å².